The quantitative estimate of drug-likeness (QED) is 0.467. The molecule has 0 aliphatic carbocycles. The molecule has 2 N–H and O–H groups in total. The third-order valence-electron chi connectivity index (χ3n) is 6.77. The lowest BCUT2D eigenvalue weighted by Crippen LogP contribution is -2.45. The number of para-hydroxylation sites is 1. The Morgan fingerprint density at radius 3 is 2.69 bits per heavy atom. The highest BCUT2D eigenvalue weighted by Crippen LogP contribution is 2.28. The molecule has 0 radical (unpaired) electrons. The summed E-state index contributed by atoms with van der Waals surface area (Å²) in [6.07, 6.45) is 1.14. The number of fused-ring (bicyclic) bond motifs is 4. The number of hydrogen-bond acceptors (Lipinski definition) is 9. The molecule has 3 aromatic heterocycles. The average molecular weight is 475 g/mol. The van der Waals surface area contributed by atoms with Crippen molar-refractivity contribution >= 4 is 28.3 Å². The van der Waals surface area contributed by atoms with E-state index in [2.05, 4.69) is 45.9 Å². The van der Waals surface area contributed by atoms with Gasteiger partial charge in [0.15, 0.2) is 11.5 Å². The van der Waals surface area contributed by atoms with Gasteiger partial charge in [-0.2, -0.15) is 4.52 Å². The molecule has 0 amide bonds. The minimum atomic E-state index is 0.214. The third kappa shape index (κ3) is 4.02. The number of morpholine rings is 1. The molecule has 5 heterocycles. The van der Waals surface area contributed by atoms with Crippen LogP contribution in [0.5, 0.6) is 5.75 Å². The Labute approximate surface area is 203 Å². The van der Waals surface area contributed by atoms with Gasteiger partial charge in [0.2, 0.25) is 5.95 Å². The van der Waals surface area contributed by atoms with Crippen molar-refractivity contribution in [1.82, 2.24) is 29.5 Å². The Kier molecular flexibility index (Phi) is 5.42. The number of rotatable bonds is 5. The van der Waals surface area contributed by atoms with Crippen molar-refractivity contribution < 1.29 is 9.47 Å². The Morgan fingerprint density at radius 2 is 1.89 bits per heavy atom. The molecule has 0 bridgehead atoms. The first-order valence-electron chi connectivity index (χ1n) is 12.1. The maximum absolute atomic E-state index is 6.19. The fourth-order valence-electron chi connectivity index (χ4n) is 5.20. The lowest BCUT2D eigenvalue weighted by molar-refractivity contribution is -0.00547. The first kappa shape index (κ1) is 22.0. The lowest BCUT2D eigenvalue weighted by atomic mass is 10.2. The van der Waals surface area contributed by atoms with Gasteiger partial charge in [-0.05, 0) is 37.6 Å². The summed E-state index contributed by atoms with van der Waals surface area (Å²) < 4.78 is 12.9. The summed E-state index contributed by atoms with van der Waals surface area (Å²) in [5.74, 6) is 2.76. The number of methoxy groups -OCH3 is 1. The van der Waals surface area contributed by atoms with Gasteiger partial charge in [0.05, 0.1) is 25.0 Å². The van der Waals surface area contributed by atoms with Crippen LogP contribution in [0.1, 0.15) is 30.9 Å². The monoisotopic (exact) mass is 474 g/mol. The van der Waals surface area contributed by atoms with E-state index in [0.29, 0.717) is 29.3 Å². The number of nitrogen functional groups attached to an aromatic ring is 1. The first-order chi connectivity index (χ1) is 17.0. The predicted molar refractivity (Wildman–Crippen MR) is 134 cm³/mol. The highest BCUT2D eigenvalue weighted by molar-refractivity contribution is 5.95. The van der Waals surface area contributed by atoms with E-state index in [1.54, 1.807) is 11.6 Å². The number of anilines is 2. The van der Waals surface area contributed by atoms with Gasteiger partial charge in [0.1, 0.15) is 17.1 Å². The Balaban J connectivity index is 1.17. The van der Waals surface area contributed by atoms with Crippen LogP contribution in [-0.4, -0.2) is 68.4 Å². The summed E-state index contributed by atoms with van der Waals surface area (Å²) >= 11 is 0. The van der Waals surface area contributed by atoms with Crippen molar-refractivity contribution in [2.75, 3.05) is 37.4 Å². The molecular weight excluding hydrogens is 444 g/mol. The second kappa shape index (κ2) is 8.62. The number of ether oxygens (including phenoxy) is 2. The average Bonchev–Trinajstić information content (AvgIpc) is 3.46. The fraction of sp³-hybridized carbons (Fsp3) is 0.440. The zero-order valence-corrected chi connectivity index (χ0v) is 20.3. The molecule has 0 spiro atoms. The summed E-state index contributed by atoms with van der Waals surface area (Å²) in [7, 11) is 1.62. The molecule has 0 saturated carbocycles. The molecule has 182 valence electrons. The fourth-order valence-corrected chi connectivity index (χ4v) is 5.20. The number of nitrogens with zero attached hydrogens (tertiary/aromatic N) is 7. The van der Waals surface area contributed by atoms with Crippen LogP contribution in [0.25, 0.3) is 16.6 Å². The molecule has 2 aliphatic rings. The van der Waals surface area contributed by atoms with Crippen molar-refractivity contribution in [3.63, 3.8) is 0 Å². The van der Waals surface area contributed by atoms with Crippen molar-refractivity contribution in [3.05, 3.63) is 47.4 Å². The van der Waals surface area contributed by atoms with E-state index < -0.39 is 0 Å². The van der Waals surface area contributed by atoms with Gasteiger partial charge in [-0.25, -0.2) is 15.0 Å². The van der Waals surface area contributed by atoms with Crippen molar-refractivity contribution in [3.8, 4) is 5.75 Å². The largest absolute Gasteiger partial charge is 0.494 e. The highest BCUT2D eigenvalue weighted by Gasteiger charge is 2.26. The van der Waals surface area contributed by atoms with Crippen LogP contribution in [0.2, 0.25) is 0 Å². The van der Waals surface area contributed by atoms with Crippen molar-refractivity contribution in [1.29, 1.82) is 0 Å². The van der Waals surface area contributed by atoms with E-state index in [1.807, 2.05) is 18.2 Å². The summed E-state index contributed by atoms with van der Waals surface area (Å²) in [6.45, 7) is 8.53. The van der Waals surface area contributed by atoms with E-state index in [-0.39, 0.29) is 12.2 Å². The van der Waals surface area contributed by atoms with Crippen LogP contribution >= 0.6 is 0 Å². The standard InChI is InChI=1S/C25H30N8O2/c1-15-11-32(12-16(2)35-15)22-8-7-17-13-31(14-19(17)27-22)10-9-21-28-24-18-5-4-6-20(34-3)23(18)29-25(26)33(24)30-21/h4-8,15-16H,9-14H2,1-3H3,(H2,26,29). The Bertz CT molecular complexity index is 1390. The molecule has 6 rings (SSSR count). The van der Waals surface area contributed by atoms with E-state index in [1.165, 1.54) is 5.56 Å². The molecule has 1 aromatic carbocycles. The molecule has 10 nitrogen and oxygen atoms in total. The number of nitrogens with two attached hydrogens (primary N) is 1. The summed E-state index contributed by atoms with van der Waals surface area (Å²) in [5, 5.41) is 5.50. The molecule has 1 fully saturated rings. The van der Waals surface area contributed by atoms with Gasteiger partial charge in [-0.15, -0.1) is 5.10 Å². The molecule has 35 heavy (non-hydrogen) atoms. The molecule has 2 unspecified atom stereocenters. The van der Waals surface area contributed by atoms with Crippen molar-refractivity contribution in [2.45, 2.75) is 45.6 Å². The zero-order valence-electron chi connectivity index (χ0n) is 20.3. The Hall–Kier alpha value is -3.50. The first-order valence-corrected chi connectivity index (χ1v) is 12.1. The van der Waals surface area contributed by atoms with Crippen LogP contribution in [0.4, 0.5) is 11.8 Å². The van der Waals surface area contributed by atoms with Crippen LogP contribution in [0, 0.1) is 0 Å². The maximum atomic E-state index is 6.19. The minimum Gasteiger partial charge on any atom is -0.494 e. The minimum absolute atomic E-state index is 0.214. The number of aromatic nitrogens is 5. The van der Waals surface area contributed by atoms with E-state index in [4.69, 9.17) is 25.2 Å². The maximum Gasteiger partial charge on any atom is 0.223 e. The van der Waals surface area contributed by atoms with Crippen LogP contribution in [0.15, 0.2) is 30.3 Å². The predicted octanol–water partition coefficient (Wildman–Crippen LogP) is 2.44. The van der Waals surface area contributed by atoms with E-state index in [0.717, 1.165) is 55.4 Å². The highest BCUT2D eigenvalue weighted by atomic mass is 16.5. The summed E-state index contributed by atoms with van der Waals surface area (Å²) in [5.41, 5.74) is 10.0. The van der Waals surface area contributed by atoms with Crippen molar-refractivity contribution in [2.24, 2.45) is 0 Å². The smallest absolute Gasteiger partial charge is 0.223 e. The lowest BCUT2D eigenvalue weighted by Gasteiger charge is -2.36. The topological polar surface area (TPSA) is 107 Å². The van der Waals surface area contributed by atoms with E-state index in [9.17, 15) is 0 Å². The van der Waals surface area contributed by atoms with Gasteiger partial charge in [0, 0.05) is 44.5 Å². The molecule has 2 atom stereocenters. The second-order valence-corrected chi connectivity index (χ2v) is 9.49. The number of hydrogen-bond donors (Lipinski definition) is 1. The second-order valence-electron chi connectivity index (χ2n) is 9.49. The normalized spacial score (nSPS) is 20.6. The number of benzene rings is 1. The van der Waals surface area contributed by atoms with Gasteiger partial charge in [0.25, 0.3) is 0 Å². The van der Waals surface area contributed by atoms with Crippen LogP contribution < -0.4 is 15.4 Å². The molecule has 2 aliphatic heterocycles. The van der Waals surface area contributed by atoms with Gasteiger partial charge in [-0.1, -0.05) is 12.1 Å². The molecule has 4 aromatic rings. The zero-order chi connectivity index (χ0) is 24.1. The van der Waals surface area contributed by atoms with Crippen LogP contribution in [-0.2, 0) is 24.2 Å². The Morgan fingerprint density at radius 1 is 1.06 bits per heavy atom. The SMILES string of the molecule is COc1cccc2c1nc(N)n1nc(CCN3Cc4ccc(N5CC(C)OC(C)C5)nc4C3)nc21. The van der Waals surface area contributed by atoms with Crippen LogP contribution in [0.3, 0.4) is 0 Å². The van der Waals surface area contributed by atoms with Gasteiger partial charge < -0.3 is 20.1 Å². The van der Waals surface area contributed by atoms with E-state index >= 15 is 0 Å². The summed E-state index contributed by atoms with van der Waals surface area (Å²) in [6, 6.07) is 10.1. The third-order valence-corrected chi connectivity index (χ3v) is 6.77. The molecule has 10 heteroatoms. The summed E-state index contributed by atoms with van der Waals surface area (Å²) in [4.78, 5) is 19.0. The molecular formula is C25H30N8O2. The van der Waals surface area contributed by atoms with Gasteiger partial charge in [-0.3, -0.25) is 4.90 Å². The number of pyridine rings is 1. The molecule has 1 saturated heterocycles. The van der Waals surface area contributed by atoms with Gasteiger partial charge >= 0.3 is 0 Å².